The minimum absolute atomic E-state index is 0.0367. The van der Waals surface area contributed by atoms with Gasteiger partial charge in [0, 0.05) is 12.1 Å². The molecule has 3 rings (SSSR count). The summed E-state index contributed by atoms with van der Waals surface area (Å²) in [6.07, 6.45) is 4.30. The van der Waals surface area contributed by atoms with E-state index >= 15 is 0 Å². The molecular formula is C23H34N2O2. The molecule has 2 aromatic rings. The van der Waals surface area contributed by atoms with E-state index in [0.29, 0.717) is 6.04 Å². The minimum atomic E-state index is -0.0367. The predicted molar refractivity (Wildman–Crippen MR) is 111 cm³/mol. The van der Waals surface area contributed by atoms with Crippen LogP contribution in [0.25, 0.3) is 0 Å². The molecule has 0 radical (unpaired) electrons. The van der Waals surface area contributed by atoms with Crippen LogP contribution in [-0.2, 0) is 17.3 Å². The van der Waals surface area contributed by atoms with Crippen LogP contribution in [-0.4, -0.2) is 17.3 Å². The Morgan fingerprint density at radius 1 is 1.07 bits per heavy atom. The Bertz CT molecular complexity index is 801. The Kier molecular flexibility index (Phi) is 5.40. The first-order valence-electron chi connectivity index (χ1n) is 10.1. The third kappa shape index (κ3) is 4.73. The van der Waals surface area contributed by atoms with Crippen LogP contribution in [0.15, 0.2) is 39.8 Å². The third-order valence-corrected chi connectivity index (χ3v) is 5.61. The van der Waals surface area contributed by atoms with E-state index in [4.69, 9.17) is 4.52 Å². The monoisotopic (exact) mass is 370 g/mol. The summed E-state index contributed by atoms with van der Waals surface area (Å²) in [5, 5.41) is 3.64. The van der Waals surface area contributed by atoms with Gasteiger partial charge in [-0.1, -0.05) is 59.7 Å². The molecule has 1 aromatic carbocycles. The zero-order valence-electron chi connectivity index (χ0n) is 17.6. The van der Waals surface area contributed by atoms with Crippen LogP contribution in [0.1, 0.15) is 77.1 Å². The second-order valence-corrected chi connectivity index (χ2v) is 10.0. The first-order chi connectivity index (χ1) is 12.5. The van der Waals surface area contributed by atoms with E-state index in [2.05, 4.69) is 65.1 Å². The Morgan fingerprint density at radius 3 is 2.22 bits per heavy atom. The molecule has 1 aromatic heterocycles. The van der Waals surface area contributed by atoms with E-state index in [1.54, 1.807) is 4.74 Å². The van der Waals surface area contributed by atoms with Gasteiger partial charge in [-0.3, -0.25) is 4.79 Å². The lowest BCUT2D eigenvalue weighted by Crippen LogP contribution is -2.41. The maximum Gasteiger partial charge on any atom is 0.282 e. The summed E-state index contributed by atoms with van der Waals surface area (Å²) in [4.78, 5) is 11.9. The third-order valence-electron chi connectivity index (χ3n) is 5.61. The average Bonchev–Trinajstić information content (AvgIpc) is 2.99. The Morgan fingerprint density at radius 2 is 1.70 bits per heavy atom. The van der Waals surface area contributed by atoms with E-state index in [1.165, 1.54) is 29.0 Å². The molecule has 2 atom stereocenters. The van der Waals surface area contributed by atoms with Crippen molar-refractivity contribution < 1.29 is 4.52 Å². The molecule has 27 heavy (non-hydrogen) atoms. The van der Waals surface area contributed by atoms with Crippen molar-refractivity contribution in [3.8, 4) is 0 Å². The molecule has 0 unspecified atom stereocenters. The van der Waals surface area contributed by atoms with E-state index in [-0.39, 0.29) is 22.4 Å². The van der Waals surface area contributed by atoms with E-state index in [1.807, 2.05) is 0 Å². The Labute approximate surface area is 162 Å². The van der Waals surface area contributed by atoms with Gasteiger partial charge in [-0.15, -0.1) is 0 Å². The van der Waals surface area contributed by atoms with Gasteiger partial charge in [-0.2, -0.15) is 4.74 Å². The lowest BCUT2D eigenvalue weighted by molar-refractivity contribution is 0.161. The van der Waals surface area contributed by atoms with Gasteiger partial charge in [0.25, 0.3) is 5.56 Å². The molecule has 148 valence electrons. The molecule has 1 aliphatic rings. The molecule has 0 saturated carbocycles. The van der Waals surface area contributed by atoms with Crippen molar-refractivity contribution in [1.29, 1.82) is 0 Å². The van der Waals surface area contributed by atoms with Gasteiger partial charge in [-0.05, 0) is 53.3 Å². The molecule has 1 saturated heterocycles. The van der Waals surface area contributed by atoms with E-state index in [9.17, 15) is 4.79 Å². The SMILES string of the molecule is CC(C)(C)c1cc(C[C@@H]2C[C@@H](n3occc3=O)CCN2)cc(C(C)(C)C)c1. The summed E-state index contributed by atoms with van der Waals surface area (Å²) >= 11 is 0. The van der Waals surface area contributed by atoms with Crippen LogP contribution in [0.5, 0.6) is 0 Å². The summed E-state index contributed by atoms with van der Waals surface area (Å²) in [6, 6.07) is 9.08. The Hall–Kier alpha value is -1.81. The average molecular weight is 371 g/mol. The van der Waals surface area contributed by atoms with Crippen molar-refractivity contribution in [2.24, 2.45) is 0 Å². The zero-order chi connectivity index (χ0) is 19.8. The number of nitrogens with zero attached hydrogens (tertiary/aromatic N) is 1. The molecular weight excluding hydrogens is 336 g/mol. The number of aromatic nitrogens is 1. The number of piperidine rings is 1. The van der Waals surface area contributed by atoms with Gasteiger partial charge in [0.1, 0.15) is 6.26 Å². The predicted octanol–water partition coefficient (Wildman–Crippen LogP) is 4.57. The van der Waals surface area contributed by atoms with E-state index < -0.39 is 0 Å². The van der Waals surface area contributed by atoms with Gasteiger partial charge < -0.3 is 9.84 Å². The lowest BCUT2D eigenvalue weighted by atomic mass is 9.78. The lowest BCUT2D eigenvalue weighted by Gasteiger charge is -2.31. The van der Waals surface area contributed by atoms with Crippen LogP contribution in [0, 0.1) is 0 Å². The fourth-order valence-corrected chi connectivity index (χ4v) is 3.86. The fraction of sp³-hybridized carbons (Fsp3) is 0.609. The van der Waals surface area contributed by atoms with Gasteiger partial charge >= 0.3 is 0 Å². The van der Waals surface area contributed by atoms with Crippen molar-refractivity contribution in [3.63, 3.8) is 0 Å². The number of nitrogens with one attached hydrogen (secondary N) is 1. The second kappa shape index (κ2) is 7.31. The fourth-order valence-electron chi connectivity index (χ4n) is 3.86. The molecule has 0 amide bonds. The highest BCUT2D eigenvalue weighted by Gasteiger charge is 2.26. The van der Waals surface area contributed by atoms with Crippen LogP contribution in [0.3, 0.4) is 0 Å². The van der Waals surface area contributed by atoms with Crippen LogP contribution in [0.2, 0.25) is 0 Å². The largest absolute Gasteiger partial charge is 0.384 e. The molecule has 0 spiro atoms. The molecule has 1 aliphatic heterocycles. The summed E-state index contributed by atoms with van der Waals surface area (Å²) in [6.45, 7) is 14.6. The summed E-state index contributed by atoms with van der Waals surface area (Å²) in [5.41, 5.74) is 4.36. The molecule has 1 fully saturated rings. The minimum Gasteiger partial charge on any atom is -0.384 e. The van der Waals surface area contributed by atoms with Crippen molar-refractivity contribution in [1.82, 2.24) is 10.1 Å². The van der Waals surface area contributed by atoms with Gasteiger partial charge in [0.2, 0.25) is 0 Å². The molecule has 2 heterocycles. The smallest absolute Gasteiger partial charge is 0.282 e. The first kappa shape index (κ1) is 19.9. The molecule has 4 heteroatoms. The van der Waals surface area contributed by atoms with Crippen molar-refractivity contribution >= 4 is 0 Å². The zero-order valence-corrected chi connectivity index (χ0v) is 17.6. The second-order valence-electron chi connectivity index (χ2n) is 10.0. The van der Waals surface area contributed by atoms with Gasteiger partial charge in [0.15, 0.2) is 0 Å². The number of hydrogen-bond acceptors (Lipinski definition) is 3. The summed E-state index contributed by atoms with van der Waals surface area (Å²) in [5.74, 6) is 0. The van der Waals surface area contributed by atoms with Gasteiger partial charge in [0.05, 0.1) is 6.04 Å². The highest BCUT2D eigenvalue weighted by Crippen LogP contribution is 2.31. The maximum atomic E-state index is 11.9. The number of benzene rings is 1. The summed E-state index contributed by atoms with van der Waals surface area (Å²) < 4.78 is 6.95. The number of rotatable bonds is 3. The van der Waals surface area contributed by atoms with Crippen LogP contribution >= 0.6 is 0 Å². The van der Waals surface area contributed by atoms with Crippen molar-refractivity contribution in [2.45, 2.75) is 83.7 Å². The molecule has 1 N–H and O–H groups in total. The van der Waals surface area contributed by atoms with Crippen molar-refractivity contribution in [2.75, 3.05) is 6.54 Å². The quantitative estimate of drug-likeness (QED) is 0.861. The highest BCUT2D eigenvalue weighted by molar-refractivity contribution is 5.37. The van der Waals surface area contributed by atoms with Crippen LogP contribution in [0.4, 0.5) is 0 Å². The molecule has 4 nitrogen and oxygen atoms in total. The normalized spacial score (nSPS) is 21.4. The van der Waals surface area contributed by atoms with E-state index in [0.717, 1.165) is 25.8 Å². The van der Waals surface area contributed by atoms with Crippen LogP contribution < -0.4 is 10.9 Å². The maximum absolute atomic E-state index is 11.9. The number of hydrogen-bond donors (Lipinski definition) is 1. The molecule has 0 bridgehead atoms. The van der Waals surface area contributed by atoms with Crippen molar-refractivity contribution in [3.05, 3.63) is 57.6 Å². The Balaban J connectivity index is 1.84. The van der Waals surface area contributed by atoms with Gasteiger partial charge in [-0.25, -0.2) is 0 Å². The topological polar surface area (TPSA) is 47.2 Å². The summed E-state index contributed by atoms with van der Waals surface area (Å²) in [7, 11) is 0. The highest BCUT2D eigenvalue weighted by atomic mass is 16.5. The standard InChI is InChI=1S/C23H34N2O2/c1-22(2,3)17-11-16(12-18(14-17)23(4,5)6)13-19-15-20(7-9-24-19)25-21(26)8-10-27-25/h8,10-12,14,19-20,24H,7,9,13,15H2,1-6H3/t19-,20+/m1/s1. The first-order valence-corrected chi connectivity index (χ1v) is 10.1. The molecule has 0 aliphatic carbocycles.